The molecule has 0 amide bonds. The number of hydrogen-bond acceptors (Lipinski definition) is 2. The largest absolute Gasteiger partial charge is 0.383 e. The van der Waals surface area contributed by atoms with Gasteiger partial charge < -0.3 is 5.32 Å². The van der Waals surface area contributed by atoms with E-state index in [2.05, 4.69) is 29.6 Å². The summed E-state index contributed by atoms with van der Waals surface area (Å²) in [6.07, 6.45) is 7.06. The van der Waals surface area contributed by atoms with Crippen molar-refractivity contribution in [2.75, 3.05) is 11.9 Å². The number of hydrogen-bond donors (Lipinski definition) is 1. The van der Waals surface area contributed by atoms with Gasteiger partial charge >= 0.3 is 0 Å². The molecule has 0 aliphatic heterocycles. The molecule has 0 unspecified atom stereocenters. The molecule has 2 nitrogen and oxygen atoms in total. The molecule has 0 aromatic heterocycles. The van der Waals surface area contributed by atoms with Gasteiger partial charge in [0.05, 0.1) is 11.5 Å². The van der Waals surface area contributed by atoms with Crippen molar-refractivity contribution >= 4 is 5.69 Å². The van der Waals surface area contributed by atoms with Gasteiger partial charge in [0.15, 0.2) is 0 Å². The molecule has 1 aromatic carbocycles. The summed E-state index contributed by atoms with van der Waals surface area (Å²) in [6.45, 7) is 0.808. The van der Waals surface area contributed by atoms with Gasteiger partial charge in [-0.15, -0.1) is 0 Å². The van der Waals surface area contributed by atoms with Gasteiger partial charge in [-0.3, -0.25) is 0 Å². The van der Waals surface area contributed by atoms with Crippen LogP contribution in [0.25, 0.3) is 0 Å². The van der Waals surface area contributed by atoms with Gasteiger partial charge in [0.25, 0.3) is 0 Å². The van der Waals surface area contributed by atoms with Gasteiger partial charge in [-0.2, -0.15) is 5.26 Å². The summed E-state index contributed by atoms with van der Waals surface area (Å²) < 4.78 is 0. The van der Waals surface area contributed by atoms with Crippen molar-refractivity contribution in [1.29, 1.82) is 5.26 Å². The standard InChI is InChI=1S/C15H18N2/c16-10-15(7-2-8-15)11-17-14-6-5-12-3-1-4-13(12)9-14/h5-6,9,17H,1-4,7-8,11H2. The molecular formula is C15H18N2. The van der Waals surface area contributed by atoms with Crippen molar-refractivity contribution in [3.05, 3.63) is 29.3 Å². The number of aryl methyl sites for hydroxylation is 2. The molecular weight excluding hydrogens is 208 g/mol. The average Bonchev–Trinajstić information content (AvgIpc) is 2.75. The van der Waals surface area contributed by atoms with Crippen molar-refractivity contribution in [1.82, 2.24) is 0 Å². The lowest BCUT2D eigenvalue weighted by Gasteiger charge is -2.35. The number of benzene rings is 1. The van der Waals surface area contributed by atoms with E-state index in [0.717, 1.165) is 19.4 Å². The highest BCUT2D eigenvalue weighted by molar-refractivity contribution is 5.50. The molecule has 0 radical (unpaired) electrons. The Balaban J connectivity index is 1.68. The van der Waals surface area contributed by atoms with Crippen molar-refractivity contribution in [3.63, 3.8) is 0 Å². The topological polar surface area (TPSA) is 35.8 Å². The molecule has 1 N–H and O–H groups in total. The molecule has 1 aromatic rings. The SMILES string of the molecule is N#CC1(CNc2ccc3c(c2)CCC3)CCC1. The highest BCUT2D eigenvalue weighted by atomic mass is 14.9. The van der Waals surface area contributed by atoms with Crippen molar-refractivity contribution < 1.29 is 0 Å². The van der Waals surface area contributed by atoms with Gasteiger partial charge in [0.2, 0.25) is 0 Å². The lowest BCUT2D eigenvalue weighted by Crippen LogP contribution is -2.35. The molecule has 1 saturated carbocycles. The van der Waals surface area contributed by atoms with Gasteiger partial charge in [-0.1, -0.05) is 12.5 Å². The maximum Gasteiger partial charge on any atom is 0.0746 e. The van der Waals surface area contributed by atoms with Crippen LogP contribution in [0.5, 0.6) is 0 Å². The molecule has 88 valence electrons. The molecule has 2 heteroatoms. The number of nitrogens with one attached hydrogen (secondary N) is 1. The van der Waals surface area contributed by atoms with Crippen LogP contribution < -0.4 is 5.32 Å². The molecule has 1 fully saturated rings. The van der Waals surface area contributed by atoms with Crippen LogP contribution in [-0.4, -0.2) is 6.54 Å². The van der Waals surface area contributed by atoms with Crippen molar-refractivity contribution in [2.45, 2.75) is 38.5 Å². The Bertz CT molecular complexity index is 466. The maximum absolute atomic E-state index is 9.18. The van der Waals surface area contributed by atoms with Gasteiger partial charge in [-0.05, 0) is 55.4 Å². The van der Waals surface area contributed by atoms with Crippen LogP contribution in [-0.2, 0) is 12.8 Å². The first-order valence-electron chi connectivity index (χ1n) is 6.58. The maximum atomic E-state index is 9.18. The molecule has 0 spiro atoms. The van der Waals surface area contributed by atoms with E-state index in [1.807, 2.05) is 0 Å². The summed E-state index contributed by atoms with van der Waals surface area (Å²) in [5.74, 6) is 0. The summed E-state index contributed by atoms with van der Waals surface area (Å²) in [5.41, 5.74) is 4.11. The second-order valence-corrected chi connectivity index (χ2v) is 5.44. The summed E-state index contributed by atoms with van der Waals surface area (Å²) in [5, 5.41) is 12.6. The van der Waals surface area contributed by atoms with Crippen LogP contribution in [0.3, 0.4) is 0 Å². The van der Waals surface area contributed by atoms with E-state index >= 15 is 0 Å². The minimum atomic E-state index is -0.0843. The molecule has 2 aliphatic rings. The fourth-order valence-electron chi connectivity index (χ4n) is 2.88. The predicted octanol–water partition coefficient (Wildman–Crippen LogP) is 3.28. The fourth-order valence-corrected chi connectivity index (χ4v) is 2.88. The number of fused-ring (bicyclic) bond motifs is 1. The Hall–Kier alpha value is -1.49. The quantitative estimate of drug-likeness (QED) is 0.858. The molecule has 0 heterocycles. The fraction of sp³-hybridized carbons (Fsp3) is 0.533. The van der Waals surface area contributed by atoms with Crippen LogP contribution in [0.4, 0.5) is 5.69 Å². The first-order valence-corrected chi connectivity index (χ1v) is 6.58. The minimum absolute atomic E-state index is 0.0843. The van der Waals surface area contributed by atoms with Crippen LogP contribution >= 0.6 is 0 Å². The van der Waals surface area contributed by atoms with E-state index in [0.29, 0.717) is 0 Å². The summed E-state index contributed by atoms with van der Waals surface area (Å²) >= 11 is 0. The highest BCUT2D eigenvalue weighted by Crippen LogP contribution is 2.40. The van der Waals surface area contributed by atoms with Crippen LogP contribution in [0.15, 0.2) is 18.2 Å². The highest BCUT2D eigenvalue weighted by Gasteiger charge is 2.36. The average molecular weight is 226 g/mol. The Morgan fingerprint density at radius 2 is 2.00 bits per heavy atom. The van der Waals surface area contributed by atoms with Gasteiger partial charge in [0.1, 0.15) is 0 Å². The van der Waals surface area contributed by atoms with E-state index in [1.54, 1.807) is 0 Å². The summed E-state index contributed by atoms with van der Waals surface area (Å²) in [7, 11) is 0. The predicted molar refractivity (Wildman–Crippen MR) is 68.9 cm³/mol. The Morgan fingerprint density at radius 1 is 1.18 bits per heavy atom. The molecule has 3 rings (SSSR count). The number of rotatable bonds is 3. The Labute approximate surface area is 103 Å². The monoisotopic (exact) mass is 226 g/mol. The van der Waals surface area contributed by atoms with Crippen molar-refractivity contribution in [3.8, 4) is 6.07 Å². The second-order valence-electron chi connectivity index (χ2n) is 5.44. The van der Waals surface area contributed by atoms with Gasteiger partial charge in [-0.25, -0.2) is 0 Å². The first-order chi connectivity index (χ1) is 8.31. The third kappa shape index (κ3) is 1.91. The van der Waals surface area contributed by atoms with E-state index in [1.165, 1.54) is 42.5 Å². The Kier molecular flexibility index (Phi) is 2.55. The second kappa shape index (κ2) is 4.07. The number of nitrogens with zero attached hydrogens (tertiary/aromatic N) is 1. The van der Waals surface area contributed by atoms with Crippen LogP contribution in [0.2, 0.25) is 0 Å². The first kappa shape index (κ1) is 10.7. The smallest absolute Gasteiger partial charge is 0.0746 e. The molecule has 0 bridgehead atoms. The molecule has 2 aliphatic carbocycles. The number of anilines is 1. The zero-order valence-electron chi connectivity index (χ0n) is 10.1. The van der Waals surface area contributed by atoms with Gasteiger partial charge in [0, 0.05) is 12.2 Å². The van der Waals surface area contributed by atoms with E-state index < -0.39 is 0 Å². The van der Waals surface area contributed by atoms with E-state index in [9.17, 15) is 5.26 Å². The molecule has 0 atom stereocenters. The summed E-state index contributed by atoms with van der Waals surface area (Å²) in [4.78, 5) is 0. The Morgan fingerprint density at radius 3 is 2.71 bits per heavy atom. The van der Waals surface area contributed by atoms with Crippen LogP contribution in [0.1, 0.15) is 36.8 Å². The number of nitriles is 1. The minimum Gasteiger partial charge on any atom is -0.383 e. The third-order valence-electron chi connectivity index (χ3n) is 4.28. The summed E-state index contributed by atoms with van der Waals surface area (Å²) in [6, 6.07) is 9.15. The normalized spacial score (nSPS) is 20.2. The lowest BCUT2D eigenvalue weighted by molar-refractivity contribution is 0.233. The zero-order chi connectivity index (χ0) is 11.7. The third-order valence-corrected chi connectivity index (χ3v) is 4.28. The van der Waals surface area contributed by atoms with E-state index in [-0.39, 0.29) is 5.41 Å². The molecule has 17 heavy (non-hydrogen) atoms. The van der Waals surface area contributed by atoms with Crippen LogP contribution in [0, 0.1) is 16.7 Å². The molecule has 0 saturated heterocycles. The van der Waals surface area contributed by atoms with Crippen molar-refractivity contribution in [2.24, 2.45) is 5.41 Å². The zero-order valence-corrected chi connectivity index (χ0v) is 10.1. The van der Waals surface area contributed by atoms with E-state index in [4.69, 9.17) is 0 Å². The lowest BCUT2D eigenvalue weighted by atomic mass is 9.70.